The summed E-state index contributed by atoms with van der Waals surface area (Å²) in [6.07, 6.45) is 0. The molecule has 0 saturated carbocycles. The number of ether oxygens (including phenoxy) is 3. The van der Waals surface area contributed by atoms with Crippen LogP contribution in [0.4, 0.5) is 5.69 Å². The fourth-order valence-electron chi connectivity index (χ4n) is 2.78. The molecule has 1 aliphatic heterocycles. The van der Waals surface area contributed by atoms with Crippen LogP contribution in [0.25, 0.3) is 0 Å². The lowest BCUT2D eigenvalue weighted by atomic mass is 10.2. The fourth-order valence-corrected chi connectivity index (χ4v) is 3.62. The van der Waals surface area contributed by atoms with E-state index >= 15 is 0 Å². The van der Waals surface area contributed by atoms with Crippen molar-refractivity contribution >= 4 is 29.3 Å². The summed E-state index contributed by atoms with van der Waals surface area (Å²) in [6.45, 7) is 1.95. The Kier molecular flexibility index (Phi) is 5.89. The molecule has 4 rings (SSSR count). The molecule has 2 aromatic carbocycles. The summed E-state index contributed by atoms with van der Waals surface area (Å²) in [5, 5.41) is 6.61. The van der Waals surface area contributed by atoms with Crippen LogP contribution in [0.5, 0.6) is 11.5 Å². The number of carbonyl (C=O) groups excluding carboxylic acids is 2. The van der Waals surface area contributed by atoms with Crippen molar-refractivity contribution in [3.63, 3.8) is 0 Å². The Morgan fingerprint density at radius 3 is 2.80 bits per heavy atom. The molecule has 2 heterocycles. The van der Waals surface area contributed by atoms with Gasteiger partial charge in [-0.2, -0.15) is 0 Å². The smallest absolute Gasteiger partial charge is 0.339 e. The number of thioether (sulfide) groups is 1. The minimum atomic E-state index is -0.491. The number of aryl methyl sites for hydroxylation is 1. The summed E-state index contributed by atoms with van der Waals surface area (Å²) in [5.41, 5.74) is 1.54. The first-order valence-corrected chi connectivity index (χ1v) is 10.1. The van der Waals surface area contributed by atoms with Crippen LogP contribution in [-0.2, 0) is 16.1 Å². The maximum atomic E-state index is 12.5. The van der Waals surface area contributed by atoms with Gasteiger partial charge in [-0.25, -0.2) is 4.79 Å². The van der Waals surface area contributed by atoms with Crippen molar-refractivity contribution in [1.29, 1.82) is 0 Å². The Morgan fingerprint density at radius 1 is 1.13 bits per heavy atom. The average molecular weight is 426 g/mol. The van der Waals surface area contributed by atoms with E-state index in [0.717, 1.165) is 0 Å². The van der Waals surface area contributed by atoms with Crippen molar-refractivity contribution in [2.24, 2.45) is 0 Å². The molecular formula is C21H18N2O6S. The summed E-state index contributed by atoms with van der Waals surface area (Å²) in [4.78, 5) is 25.5. The maximum absolute atomic E-state index is 12.5. The molecule has 9 heteroatoms. The summed E-state index contributed by atoms with van der Waals surface area (Å²) >= 11 is 1.25. The number of amides is 1. The van der Waals surface area contributed by atoms with E-state index in [-0.39, 0.29) is 25.1 Å². The minimum absolute atomic E-state index is 0.0137. The van der Waals surface area contributed by atoms with Crippen LogP contribution >= 0.6 is 11.8 Å². The highest BCUT2D eigenvalue weighted by molar-refractivity contribution is 8.00. The molecule has 1 N–H and O–H groups in total. The minimum Gasteiger partial charge on any atom is -0.455 e. The zero-order valence-corrected chi connectivity index (χ0v) is 16.9. The second-order valence-electron chi connectivity index (χ2n) is 6.41. The molecule has 0 radical (unpaired) electrons. The highest BCUT2D eigenvalue weighted by Gasteiger charge is 2.17. The Bertz CT molecular complexity index is 1080. The molecule has 3 aromatic rings. The van der Waals surface area contributed by atoms with Gasteiger partial charge >= 0.3 is 5.97 Å². The third kappa shape index (κ3) is 4.74. The standard InChI is InChI=1S/C21H18N2O6S/c1-13-8-15(23-29-13)10-26-21(25)16-4-2-3-5-19(16)30-11-20(24)22-14-6-7-17-18(9-14)28-12-27-17/h2-9H,10-12H2,1H3,(H,22,24). The lowest BCUT2D eigenvalue weighted by Crippen LogP contribution is -2.14. The summed E-state index contributed by atoms with van der Waals surface area (Å²) < 4.78 is 20.8. The van der Waals surface area contributed by atoms with Crippen LogP contribution in [0.15, 0.2) is 57.9 Å². The SMILES string of the molecule is Cc1cc(COC(=O)c2ccccc2SCC(=O)Nc2ccc3c(c2)OCO3)no1. The Hall–Kier alpha value is -3.46. The fraction of sp³-hybridized carbons (Fsp3) is 0.190. The molecule has 0 spiro atoms. The van der Waals surface area contributed by atoms with E-state index in [0.29, 0.717) is 39.1 Å². The van der Waals surface area contributed by atoms with Gasteiger partial charge in [0.05, 0.1) is 11.3 Å². The number of nitrogens with zero attached hydrogens (tertiary/aromatic N) is 1. The maximum Gasteiger partial charge on any atom is 0.339 e. The highest BCUT2D eigenvalue weighted by Crippen LogP contribution is 2.34. The van der Waals surface area contributed by atoms with Gasteiger partial charge in [-0.15, -0.1) is 11.8 Å². The number of nitrogens with one attached hydrogen (secondary N) is 1. The molecule has 154 valence electrons. The van der Waals surface area contributed by atoms with E-state index in [9.17, 15) is 9.59 Å². The monoisotopic (exact) mass is 426 g/mol. The summed E-state index contributed by atoms with van der Waals surface area (Å²) in [6, 6.07) is 13.9. The van der Waals surface area contributed by atoms with Gasteiger partial charge in [-0.1, -0.05) is 17.3 Å². The highest BCUT2D eigenvalue weighted by atomic mass is 32.2. The van der Waals surface area contributed by atoms with Crippen LogP contribution in [0.3, 0.4) is 0 Å². The number of rotatable bonds is 7. The second kappa shape index (κ2) is 8.91. The van der Waals surface area contributed by atoms with Gasteiger partial charge in [0.1, 0.15) is 18.1 Å². The Balaban J connectivity index is 1.34. The molecule has 1 amide bonds. The molecular weight excluding hydrogens is 408 g/mol. The van der Waals surface area contributed by atoms with E-state index in [2.05, 4.69) is 10.5 Å². The van der Waals surface area contributed by atoms with Gasteiger partial charge in [-0.3, -0.25) is 4.79 Å². The topological polar surface area (TPSA) is 99.9 Å². The zero-order valence-electron chi connectivity index (χ0n) is 16.0. The van der Waals surface area contributed by atoms with Crippen LogP contribution < -0.4 is 14.8 Å². The number of esters is 1. The van der Waals surface area contributed by atoms with E-state index in [1.54, 1.807) is 55.5 Å². The number of hydrogen-bond acceptors (Lipinski definition) is 8. The number of benzene rings is 2. The van der Waals surface area contributed by atoms with Gasteiger partial charge in [-0.05, 0) is 31.2 Å². The van der Waals surface area contributed by atoms with Crippen molar-refractivity contribution in [1.82, 2.24) is 5.16 Å². The molecule has 0 saturated heterocycles. The summed E-state index contributed by atoms with van der Waals surface area (Å²) in [5.74, 6) is 1.31. The van der Waals surface area contributed by atoms with Gasteiger partial charge < -0.3 is 24.1 Å². The lowest BCUT2D eigenvalue weighted by Gasteiger charge is -2.09. The van der Waals surface area contributed by atoms with Gasteiger partial charge in [0.25, 0.3) is 0 Å². The molecule has 8 nitrogen and oxygen atoms in total. The van der Waals surface area contributed by atoms with Crippen LogP contribution in [-0.4, -0.2) is 29.6 Å². The van der Waals surface area contributed by atoms with Crippen molar-refractivity contribution in [2.45, 2.75) is 18.4 Å². The van der Waals surface area contributed by atoms with Crippen LogP contribution in [0.1, 0.15) is 21.8 Å². The third-order valence-electron chi connectivity index (χ3n) is 4.15. The molecule has 1 aliphatic rings. The predicted molar refractivity (Wildman–Crippen MR) is 109 cm³/mol. The largest absolute Gasteiger partial charge is 0.455 e. The van der Waals surface area contributed by atoms with Gasteiger partial charge in [0.15, 0.2) is 11.5 Å². The molecule has 0 aliphatic carbocycles. The molecule has 0 bridgehead atoms. The van der Waals surface area contributed by atoms with E-state index in [1.165, 1.54) is 11.8 Å². The van der Waals surface area contributed by atoms with Crippen molar-refractivity contribution < 1.29 is 28.3 Å². The molecule has 0 fully saturated rings. The molecule has 0 atom stereocenters. The van der Waals surface area contributed by atoms with Crippen LogP contribution in [0, 0.1) is 6.92 Å². The zero-order chi connectivity index (χ0) is 20.9. The molecule has 0 unspecified atom stereocenters. The van der Waals surface area contributed by atoms with Crippen molar-refractivity contribution in [3.8, 4) is 11.5 Å². The van der Waals surface area contributed by atoms with Crippen molar-refractivity contribution in [3.05, 3.63) is 65.5 Å². The van der Waals surface area contributed by atoms with E-state index in [4.69, 9.17) is 18.7 Å². The van der Waals surface area contributed by atoms with Crippen LogP contribution in [0.2, 0.25) is 0 Å². The number of carbonyl (C=O) groups is 2. The number of fused-ring (bicyclic) bond motifs is 1. The molecule has 1 aromatic heterocycles. The quantitative estimate of drug-likeness (QED) is 0.450. The Labute approximate surface area is 176 Å². The van der Waals surface area contributed by atoms with E-state index < -0.39 is 5.97 Å². The lowest BCUT2D eigenvalue weighted by molar-refractivity contribution is -0.113. The van der Waals surface area contributed by atoms with Gasteiger partial charge in [0.2, 0.25) is 12.7 Å². The predicted octanol–water partition coefficient (Wildman–Crippen LogP) is 3.80. The Morgan fingerprint density at radius 2 is 1.97 bits per heavy atom. The second-order valence-corrected chi connectivity index (χ2v) is 7.42. The first kappa shape index (κ1) is 19.8. The van der Waals surface area contributed by atoms with Gasteiger partial charge in [0, 0.05) is 22.7 Å². The molecule has 30 heavy (non-hydrogen) atoms. The number of hydrogen-bond donors (Lipinski definition) is 1. The first-order valence-electron chi connectivity index (χ1n) is 9.09. The average Bonchev–Trinajstić information content (AvgIpc) is 3.39. The number of anilines is 1. The summed E-state index contributed by atoms with van der Waals surface area (Å²) in [7, 11) is 0. The van der Waals surface area contributed by atoms with Crippen molar-refractivity contribution in [2.75, 3.05) is 17.9 Å². The first-order chi connectivity index (χ1) is 14.6. The van der Waals surface area contributed by atoms with E-state index in [1.807, 2.05) is 0 Å². The number of aromatic nitrogens is 1. The third-order valence-corrected chi connectivity index (χ3v) is 5.22. The normalized spacial score (nSPS) is 11.9.